The molecule has 2 amide bonds. The van der Waals surface area contributed by atoms with Gasteiger partial charge in [0.2, 0.25) is 0 Å². The van der Waals surface area contributed by atoms with Gasteiger partial charge in [0.1, 0.15) is 11.5 Å². The standard InChI is InChI=1S/C28H26ClN7O2/c1-19-31-32-27-35(18-20-6-10-22(29)11-7-20)33-26(24-4-2-3-5-25(24)36(19)27)21-8-12-23(13-9-21)30-28(37)34-14-16-38-17-15-34/h2-13H,14-18H2,1H3,(H,30,37). The smallest absolute Gasteiger partial charge is 0.321 e. The third-order valence-electron chi connectivity index (χ3n) is 6.61. The van der Waals surface area contributed by atoms with E-state index in [-0.39, 0.29) is 6.03 Å². The van der Waals surface area contributed by atoms with Crippen molar-refractivity contribution < 1.29 is 9.53 Å². The lowest BCUT2D eigenvalue weighted by Gasteiger charge is -2.26. The number of carbonyl (C=O) groups is 1. The summed E-state index contributed by atoms with van der Waals surface area (Å²) in [4.78, 5) is 14.4. The molecule has 0 saturated carbocycles. The van der Waals surface area contributed by atoms with E-state index < -0.39 is 0 Å². The molecule has 3 heterocycles. The van der Waals surface area contributed by atoms with E-state index in [0.717, 1.165) is 39.6 Å². The van der Waals surface area contributed by atoms with Crippen molar-refractivity contribution in [3.05, 3.63) is 100 Å². The largest absolute Gasteiger partial charge is 0.378 e. The number of aromatic nitrogens is 3. The Morgan fingerprint density at radius 2 is 1.71 bits per heavy atom. The van der Waals surface area contributed by atoms with Gasteiger partial charge in [0.05, 0.1) is 25.4 Å². The molecule has 0 spiro atoms. The number of halogens is 1. The third-order valence-corrected chi connectivity index (χ3v) is 6.86. The third kappa shape index (κ3) is 4.73. The van der Waals surface area contributed by atoms with E-state index in [1.165, 1.54) is 0 Å². The highest BCUT2D eigenvalue weighted by molar-refractivity contribution is 6.30. The first kappa shape index (κ1) is 24.1. The highest BCUT2D eigenvalue weighted by Gasteiger charge is 2.26. The summed E-state index contributed by atoms with van der Waals surface area (Å²) in [6, 6.07) is 23.4. The SMILES string of the molecule is Cc1nnc2n1-c1ccccc1C(c1ccc(NC(=O)N3CCOCC3)cc1)=NN2Cc1ccc(Cl)cc1. The van der Waals surface area contributed by atoms with Gasteiger partial charge in [-0.05, 0) is 42.8 Å². The number of rotatable bonds is 4. The van der Waals surface area contributed by atoms with Gasteiger partial charge in [0, 0.05) is 34.9 Å². The summed E-state index contributed by atoms with van der Waals surface area (Å²) < 4.78 is 7.37. The average molecular weight is 528 g/mol. The number of hydrogen-bond acceptors (Lipinski definition) is 6. The van der Waals surface area contributed by atoms with Crippen molar-refractivity contribution in [3.8, 4) is 5.69 Å². The quantitative estimate of drug-likeness (QED) is 0.409. The Bertz CT molecular complexity index is 1490. The van der Waals surface area contributed by atoms with E-state index in [1.54, 1.807) is 4.90 Å². The fraction of sp³-hybridized carbons (Fsp3) is 0.214. The summed E-state index contributed by atoms with van der Waals surface area (Å²) in [6.45, 7) is 4.72. The van der Waals surface area contributed by atoms with Crippen LogP contribution in [0.4, 0.5) is 16.4 Å². The van der Waals surface area contributed by atoms with Crippen molar-refractivity contribution in [1.82, 2.24) is 19.7 Å². The number of benzene rings is 3. The summed E-state index contributed by atoms with van der Waals surface area (Å²) in [7, 11) is 0. The molecule has 0 atom stereocenters. The number of anilines is 2. The molecular formula is C28H26ClN7O2. The summed E-state index contributed by atoms with van der Waals surface area (Å²) in [5.41, 5.74) is 5.38. The van der Waals surface area contributed by atoms with Crippen LogP contribution in [-0.4, -0.2) is 57.7 Å². The minimum Gasteiger partial charge on any atom is -0.378 e. The Balaban J connectivity index is 1.36. The second-order valence-corrected chi connectivity index (χ2v) is 9.58. The minimum absolute atomic E-state index is 0.124. The number of nitrogens with zero attached hydrogens (tertiary/aromatic N) is 6. The zero-order chi connectivity index (χ0) is 26.1. The van der Waals surface area contributed by atoms with Crippen molar-refractivity contribution in [3.63, 3.8) is 0 Å². The molecule has 4 aromatic rings. The Morgan fingerprint density at radius 3 is 2.47 bits per heavy atom. The second-order valence-electron chi connectivity index (χ2n) is 9.14. The fourth-order valence-electron chi connectivity index (χ4n) is 4.65. The summed E-state index contributed by atoms with van der Waals surface area (Å²) >= 11 is 6.12. The lowest BCUT2D eigenvalue weighted by Crippen LogP contribution is -2.43. The molecule has 1 aromatic heterocycles. The number of para-hydroxylation sites is 1. The molecule has 1 N–H and O–H groups in total. The van der Waals surface area contributed by atoms with Gasteiger partial charge in [-0.25, -0.2) is 9.80 Å². The van der Waals surface area contributed by atoms with Crippen molar-refractivity contribution in [1.29, 1.82) is 0 Å². The number of hydrogen-bond donors (Lipinski definition) is 1. The fourth-order valence-corrected chi connectivity index (χ4v) is 4.78. The maximum atomic E-state index is 12.6. The predicted molar refractivity (Wildman–Crippen MR) is 147 cm³/mol. The van der Waals surface area contributed by atoms with Crippen molar-refractivity contribution in [2.45, 2.75) is 13.5 Å². The number of morpholine rings is 1. The number of ether oxygens (including phenoxy) is 1. The van der Waals surface area contributed by atoms with Crippen LogP contribution < -0.4 is 10.3 Å². The zero-order valence-electron chi connectivity index (χ0n) is 20.8. The molecule has 0 radical (unpaired) electrons. The van der Waals surface area contributed by atoms with Gasteiger partial charge in [-0.2, -0.15) is 5.10 Å². The van der Waals surface area contributed by atoms with Gasteiger partial charge in [-0.1, -0.05) is 54.1 Å². The Labute approximate surface area is 225 Å². The first-order valence-corrected chi connectivity index (χ1v) is 12.8. The number of amides is 2. The highest BCUT2D eigenvalue weighted by atomic mass is 35.5. The van der Waals surface area contributed by atoms with E-state index in [0.29, 0.717) is 43.8 Å². The van der Waals surface area contributed by atoms with Gasteiger partial charge in [0.15, 0.2) is 0 Å². The minimum atomic E-state index is -0.124. The zero-order valence-corrected chi connectivity index (χ0v) is 21.6. The van der Waals surface area contributed by atoms with Crippen LogP contribution in [0.1, 0.15) is 22.5 Å². The molecule has 3 aromatic carbocycles. The number of aryl methyl sites for hydroxylation is 1. The van der Waals surface area contributed by atoms with Crippen molar-refractivity contribution in [2.75, 3.05) is 36.6 Å². The maximum Gasteiger partial charge on any atom is 0.321 e. The molecule has 6 rings (SSSR count). The molecule has 1 saturated heterocycles. The van der Waals surface area contributed by atoms with E-state index in [9.17, 15) is 4.79 Å². The van der Waals surface area contributed by atoms with E-state index in [1.807, 2.05) is 83.2 Å². The Hall–Kier alpha value is -4.21. The van der Waals surface area contributed by atoms with E-state index in [4.69, 9.17) is 21.4 Å². The van der Waals surface area contributed by atoms with Crippen LogP contribution in [-0.2, 0) is 11.3 Å². The van der Waals surface area contributed by atoms with Gasteiger partial charge >= 0.3 is 6.03 Å². The van der Waals surface area contributed by atoms with Gasteiger partial charge in [-0.15, -0.1) is 10.2 Å². The number of nitrogens with one attached hydrogen (secondary N) is 1. The summed E-state index contributed by atoms with van der Waals surface area (Å²) in [5, 5.41) is 19.5. The van der Waals surface area contributed by atoms with E-state index >= 15 is 0 Å². The summed E-state index contributed by atoms with van der Waals surface area (Å²) in [5.74, 6) is 1.40. The van der Waals surface area contributed by atoms with Crippen LogP contribution in [0.3, 0.4) is 0 Å². The number of hydrazone groups is 1. The molecule has 0 aliphatic carbocycles. The Kier molecular flexibility index (Phi) is 6.53. The second kappa shape index (κ2) is 10.3. The lowest BCUT2D eigenvalue weighted by molar-refractivity contribution is 0.0564. The molecule has 38 heavy (non-hydrogen) atoms. The first-order valence-electron chi connectivity index (χ1n) is 12.4. The molecule has 9 nitrogen and oxygen atoms in total. The summed E-state index contributed by atoms with van der Waals surface area (Å²) in [6.07, 6.45) is 0. The van der Waals surface area contributed by atoms with Crippen molar-refractivity contribution >= 4 is 35.0 Å². The molecule has 0 bridgehead atoms. The van der Waals surface area contributed by atoms with Crippen LogP contribution in [0.15, 0.2) is 77.9 Å². The topological polar surface area (TPSA) is 87.9 Å². The first-order chi connectivity index (χ1) is 18.6. The van der Waals surface area contributed by atoms with Gasteiger partial charge in [0.25, 0.3) is 5.95 Å². The van der Waals surface area contributed by atoms with Crippen LogP contribution in [0, 0.1) is 6.92 Å². The van der Waals surface area contributed by atoms with Crippen LogP contribution in [0.5, 0.6) is 0 Å². The predicted octanol–water partition coefficient (Wildman–Crippen LogP) is 4.87. The van der Waals surface area contributed by atoms with Crippen LogP contribution in [0.2, 0.25) is 5.02 Å². The van der Waals surface area contributed by atoms with Crippen LogP contribution in [0.25, 0.3) is 5.69 Å². The molecule has 1 fully saturated rings. The highest BCUT2D eigenvalue weighted by Crippen LogP contribution is 2.31. The van der Waals surface area contributed by atoms with E-state index in [2.05, 4.69) is 21.6 Å². The number of fused-ring (bicyclic) bond motifs is 3. The normalized spacial score (nSPS) is 14.8. The molecule has 2 aliphatic rings. The molecule has 2 aliphatic heterocycles. The van der Waals surface area contributed by atoms with Crippen LogP contribution >= 0.6 is 11.6 Å². The Morgan fingerprint density at radius 1 is 0.974 bits per heavy atom. The van der Waals surface area contributed by atoms with Crippen molar-refractivity contribution in [2.24, 2.45) is 5.10 Å². The average Bonchev–Trinajstić information content (AvgIpc) is 3.27. The van der Waals surface area contributed by atoms with Gasteiger partial charge in [-0.3, -0.25) is 4.57 Å². The maximum absolute atomic E-state index is 12.6. The number of carbonyl (C=O) groups excluding carboxylic acids is 1. The van der Waals surface area contributed by atoms with Gasteiger partial charge < -0.3 is 15.0 Å². The molecule has 192 valence electrons. The molecule has 10 heteroatoms. The molecular weight excluding hydrogens is 502 g/mol. The lowest BCUT2D eigenvalue weighted by atomic mass is 10.0. The number of urea groups is 1. The molecule has 0 unspecified atom stereocenters. The monoisotopic (exact) mass is 527 g/mol.